The monoisotopic (exact) mass is 189 g/mol. The zero-order valence-electron chi connectivity index (χ0n) is 8.41. The summed E-state index contributed by atoms with van der Waals surface area (Å²) in [5, 5.41) is 20.6. The average molecular weight is 189 g/mol. The molecule has 0 aliphatic carbocycles. The lowest BCUT2D eigenvalue weighted by atomic mass is 10.1. The van der Waals surface area contributed by atoms with Gasteiger partial charge < -0.3 is 21.3 Å². The Balaban J connectivity index is 4.24. The van der Waals surface area contributed by atoms with Crippen LogP contribution in [0.3, 0.4) is 0 Å². The van der Waals surface area contributed by atoms with E-state index in [9.17, 15) is 0 Å². The molecule has 5 N–H and O–H groups in total. The molecule has 0 aliphatic heterocycles. The second kappa shape index (κ2) is 5.04. The van der Waals surface area contributed by atoms with Crippen LogP contribution < -0.4 is 11.1 Å². The molecule has 0 aromatic carbocycles. The normalized spacial score (nSPS) is 13.5. The number of aliphatic hydroxyl groups is 2. The quantitative estimate of drug-likeness (QED) is 0.339. The second-order valence-electron chi connectivity index (χ2n) is 3.61. The fourth-order valence-corrected chi connectivity index (χ4v) is 0.749. The number of aliphatic hydroxyl groups excluding tert-OH is 2. The van der Waals surface area contributed by atoms with E-state index in [-0.39, 0.29) is 25.2 Å². The van der Waals surface area contributed by atoms with Crippen molar-refractivity contribution in [2.24, 2.45) is 10.7 Å². The van der Waals surface area contributed by atoms with Gasteiger partial charge in [-0.05, 0) is 20.8 Å². The number of hydrogen-bond acceptors (Lipinski definition) is 3. The van der Waals surface area contributed by atoms with E-state index >= 15 is 0 Å². The number of guanidine groups is 1. The van der Waals surface area contributed by atoms with Crippen molar-refractivity contribution in [3.8, 4) is 0 Å². The van der Waals surface area contributed by atoms with Gasteiger partial charge in [0, 0.05) is 6.04 Å². The van der Waals surface area contributed by atoms with Gasteiger partial charge in [0.05, 0.1) is 18.8 Å². The van der Waals surface area contributed by atoms with Crippen molar-refractivity contribution < 1.29 is 10.2 Å². The van der Waals surface area contributed by atoms with Crippen LogP contribution >= 0.6 is 0 Å². The fourth-order valence-electron chi connectivity index (χ4n) is 0.749. The molecule has 0 unspecified atom stereocenters. The molecule has 0 fully saturated rings. The first-order valence-electron chi connectivity index (χ1n) is 4.26. The smallest absolute Gasteiger partial charge is 0.189 e. The molecule has 0 aromatic heterocycles. The number of rotatable bonds is 4. The molecular weight excluding hydrogens is 170 g/mol. The minimum absolute atomic E-state index is 0.0918. The Morgan fingerprint density at radius 1 is 1.46 bits per heavy atom. The van der Waals surface area contributed by atoms with Gasteiger partial charge in [-0.3, -0.25) is 4.99 Å². The maximum Gasteiger partial charge on any atom is 0.189 e. The van der Waals surface area contributed by atoms with Crippen LogP contribution in [-0.4, -0.2) is 41.0 Å². The maximum absolute atomic E-state index is 8.94. The Hall–Kier alpha value is -0.810. The van der Waals surface area contributed by atoms with E-state index in [1.807, 2.05) is 13.8 Å². The maximum atomic E-state index is 8.94. The van der Waals surface area contributed by atoms with Gasteiger partial charge in [0.2, 0.25) is 0 Å². The van der Waals surface area contributed by atoms with Crippen molar-refractivity contribution in [3.63, 3.8) is 0 Å². The van der Waals surface area contributed by atoms with Gasteiger partial charge in [-0.2, -0.15) is 0 Å². The van der Waals surface area contributed by atoms with Gasteiger partial charge in [-0.15, -0.1) is 0 Å². The highest BCUT2D eigenvalue weighted by molar-refractivity contribution is 5.78. The Morgan fingerprint density at radius 2 is 1.92 bits per heavy atom. The standard InChI is InChI=1S/C8H19N3O2/c1-6(2)10-7(9)11-8(3,4-12)5-13/h6,12-13H,4-5H2,1-3H3,(H3,9,10,11). The van der Waals surface area contributed by atoms with Gasteiger partial charge in [0.25, 0.3) is 0 Å². The van der Waals surface area contributed by atoms with Gasteiger partial charge >= 0.3 is 0 Å². The first-order valence-corrected chi connectivity index (χ1v) is 4.26. The fraction of sp³-hybridized carbons (Fsp3) is 0.875. The molecular formula is C8H19N3O2. The van der Waals surface area contributed by atoms with Crippen LogP contribution in [0.15, 0.2) is 4.99 Å². The molecule has 5 heteroatoms. The SMILES string of the molecule is CC(C)N=C(N)NC(C)(CO)CO. The summed E-state index contributed by atoms with van der Waals surface area (Å²) in [4.78, 5) is 4.02. The zero-order chi connectivity index (χ0) is 10.5. The predicted octanol–water partition coefficient (Wildman–Crippen LogP) is -0.958. The number of aliphatic imine (C=N–C) groups is 1. The van der Waals surface area contributed by atoms with Crippen LogP contribution in [-0.2, 0) is 0 Å². The molecule has 0 spiro atoms. The number of nitrogens with two attached hydrogens (primary N) is 1. The third-order valence-electron chi connectivity index (χ3n) is 1.53. The number of hydrogen-bond donors (Lipinski definition) is 4. The molecule has 13 heavy (non-hydrogen) atoms. The number of nitrogens with zero attached hydrogens (tertiary/aromatic N) is 1. The van der Waals surface area contributed by atoms with Crippen molar-refractivity contribution in [1.29, 1.82) is 0 Å². The molecule has 0 radical (unpaired) electrons. The molecule has 5 nitrogen and oxygen atoms in total. The Labute approximate surface area is 78.7 Å². The molecule has 0 atom stereocenters. The van der Waals surface area contributed by atoms with Crippen molar-refractivity contribution in [2.75, 3.05) is 13.2 Å². The highest BCUT2D eigenvalue weighted by Gasteiger charge is 2.22. The van der Waals surface area contributed by atoms with Gasteiger partial charge in [0.1, 0.15) is 0 Å². The predicted molar refractivity (Wildman–Crippen MR) is 52.5 cm³/mol. The minimum atomic E-state index is -0.803. The summed E-state index contributed by atoms with van der Waals surface area (Å²) >= 11 is 0. The van der Waals surface area contributed by atoms with E-state index in [0.717, 1.165) is 0 Å². The molecule has 0 saturated heterocycles. The topological polar surface area (TPSA) is 90.9 Å². The molecule has 0 bridgehead atoms. The Bertz CT molecular complexity index is 176. The van der Waals surface area contributed by atoms with E-state index < -0.39 is 5.54 Å². The lowest BCUT2D eigenvalue weighted by molar-refractivity contribution is 0.119. The van der Waals surface area contributed by atoms with Crippen LogP contribution in [0.2, 0.25) is 0 Å². The molecule has 0 amide bonds. The summed E-state index contributed by atoms with van der Waals surface area (Å²) < 4.78 is 0. The summed E-state index contributed by atoms with van der Waals surface area (Å²) in [5.74, 6) is 0.237. The van der Waals surface area contributed by atoms with Crippen LogP contribution in [0.5, 0.6) is 0 Å². The molecule has 0 aliphatic rings. The highest BCUT2D eigenvalue weighted by Crippen LogP contribution is 1.99. The van der Waals surface area contributed by atoms with Crippen molar-refractivity contribution in [1.82, 2.24) is 5.32 Å². The van der Waals surface area contributed by atoms with E-state index in [0.29, 0.717) is 0 Å². The second-order valence-corrected chi connectivity index (χ2v) is 3.61. The lowest BCUT2D eigenvalue weighted by Crippen LogP contribution is -2.54. The van der Waals surface area contributed by atoms with Crippen molar-refractivity contribution in [3.05, 3.63) is 0 Å². The van der Waals surface area contributed by atoms with Crippen LogP contribution in [0.1, 0.15) is 20.8 Å². The molecule has 0 saturated carbocycles. The highest BCUT2D eigenvalue weighted by atomic mass is 16.3. The minimum Gasteiger partial charge on any atom is -0.394 e. The molecule has 0 aromatic rings. The van der Waals surface area contributed by atoms with E-state index in [2.05, 4.69) is 10.3 Å². The third-order valence-corrected chi connectivity index (χ3v) is 1.53. The van der Waals surface area contributed by atoms with Crippen LogP contribution in [0.4, 0.5) is 0 Å². The molecule has 0 heterocycles. The van der Waals surface area contributed by atoms with Crippen LogP contribution in [0, 0.1) is 0 Å². The van der Waals surface area contributed by atoms with Crippen LogP contribution in [0.25, 0.3) is 0 Å². The van der Waals surface area contributed by atoms with Gasteiger partial charge in [-0.1, -0.05) is 0 Å². The summed E-state index contributed by atoms with van der Waals surface area (Å²) in [7, 11) is 0. The Morgan fingerprint density at radius 3 is 2.23 bits per heavy atom. The first-order chi connectivity index (χ1) is 5.93. The third kappa shape index (κ3) is 4.69. The average Bonchev–Trinajstić information content (AvgIpc) is 2.02. The van der Waals surface area contributed by atoms with Crippen molar-refractivity contribution in [2.45, 2.75) is 32.4 Å². The lowest BCUT2D eigenvalue weighted by Gasteiger charge is -2.26. The van der Waals surface area contributed by atoms with Gasteiger partial charge in [0.15, 0.2) is 5.96 Å². The molecule has 0 rings (SSSR count). The van der Waals surface area contributed by atoms with Gasteiger partial charge in [-0.25, -0.2) is 0 Å². The summed E-state index contributed by atoms with van der Waals surface area (Å²) in [6.07, 6.45) is 0. The summed E-state index contributed by atoms with van der Waals surface area (Å²) in [6, 6.07) is 0.0918. The zero-order valence-corrected chi connectivity index (χ0v) is 8.41. The Kier molecular flexibility index (Phi) is 4.72. The van der Waals surface area contributed by atoms with E-state index in [1.54, 1.807) is 6.92 Å². The van der Waals surface area contributed by atoms with E-state index in [4.69, 9.17) is 15.9 Å². The van der Waals surface area contributed by atoms with Crippen molar-refractivity contribution >= 4 is 5.96 Å². The van der Waals surface area contributed by atoms with E-state index in [1.165, 1.54) is 0 Å². The largest absolute Gasteiger partial charge is 0.394 e. The summed E-state index contributed by atoms with van der Waals surface area (Å²) in [5.41, 5.74) is 4.73. The number of nitrogens with one attached hydrogen (secondary N) is 1. The summed E-state index contributed by atoms with van der Waals surface area (Å²) in [6.45, 7) is 5.05. The molecule has 78 valence electrons. The first kappa shape index (κ1) is 12.2.